The van der Waals surface area contributed by atoms with Crippen LogP contribution in [0.2, 0.25) is 0 Å². The van der Waals surface area contributed by atoms with Crippen LogP contribution in [-0.2, 0) is 5.41 Å². The summed E-state index contributed by atoms with van der Waals surface area (Å²) in [7, 11) is 0. The fourth-order valence-corrected chi connectivity index (χ4v) is 1.34. The summed E-state index contributed by atoms with van der Waals surface area (Å²) in [6.07, 6.45) is 3.59. The average molecular weight is 189 g/mol. The highest BCUT2D eigenvalue weighted by Crippen LogP contribution is 2.20. The van der Waals surface area contributed by atoms with Crippen LogP contribution in [0.15, 0.2) is 24.5 Å². The summed E-state index contributed by atoms with van der Waals surface area (Å²) in [5.41, 5.74) is 1.28. The van der Waals surface area contributed by atoms with E-state index in [1.54, 1.807) is 12.4 Å². The minimum atomic E-state index is 0.0415. The van der Waals surface area contributed by atoms with Gasteiger partial charge in [0.1, 0.15) is 0 Å². The van der Waals surface area contributed by atoms with Crippen molar-refractivity contribution < 1.29 is 0 Å². The van der Waals surface area contributed by atoms with Crippen LogP contribution in [0.1, 0.15) is 19.4 Å². The van der Waals surface area contributed by atoms with Gasteiger partial charge in [0, 0.05) is 24.4 Å². The maximum absolute atomic E-state index is 8.41. The van der Waals surface area contributed by atoms with Gasteiger partial charge in [-0.05, 0) is 17.7 Å². The zero-order valence-electron chi connectivity index (χ0n) is 8.62. The standard InChI is InChI=1S/C11H15N3/c1-11(2,9-14-8-5-12)10-3-6-13-7-4-10/h3-4,6-7,14H,8-9H2,1-2H3. The van der Waals surface area contributed by atoms with E-state index in [9.17, 15) is 0 Å². The van der Waals surface area contributed by atoms with E-state index in [0.717, 1.165) is 6.54 Å². The van der Waals surface area contributed by atoms with Crippen LogP contribution < -0.4 is 5.32 Å². The number of nitriles is 1. The van der Waals surface area contributed by atoms with E-state index in [4.69, 9.17) is 5.26 Å². The lowest BCUT2D eigenvalue weighted by Crippen LogP contribution is -2.33. The molecule has 0 radical (unpaired) electrons. The number of hydrogen-bond acceptors (Lipinski definition) is 3. The number of pyridine rings is 1. The van der Waals surface area contributed by atoms with Crippen LogP contribution in [0.3, 0.4) is 0 Å². The van der Waals surface area contributed by atoms with Crippen LogP contribution in [0.25, 0.3) is 0 Å². The average Bonchev–Trinajstić information content (AvgIpc) is 2.19. The summed E-state index contributed by atoms with van der Waals surface area (Å²) in [4.78, 5) is 3.98. The molecule has 3 heteroatoms. The zero-order chi connectivity index (χ0) is 10.4. The molecule has 1 aromatic heterocycles. The van der Waals surface area contributed by atoms with Gasteiger partial charge in [0.05, 0.1) is 12.6 Å². The Kier molecular flexibility index (Phi) is 3.61. The summed E-state index contributed by atoms with van der Waals surface area (Å²) < 4.78 is 0. The molecule has 1 aromatic rings. The molecule has 0 spiro atoms. The van der Waals surface area contributed by atoms with E-state index in [0.29, 0.717) is 6.54 Å². The van der Waals surface area contributed by atoms with Crippen LogP contribution in [0.4, 0.5) is 0 Å². The van der Waals surface area contributed by atoms with Crippen molar-refractivity contribution in [1.82, 2.24) is 10.3 Å². The summed E-state index contributed by atoms with van der Waals surface area (Å²) in [6, 6.07) is 6.08. The third kappa shape index (κ3) is 2.82. The Hall–Kier alpha value is -1.40. The van der Waals surface area contributed by atoms with Gasteiger partial charge in [0.25, 0.3) is 0 Å². The smallest absolute Gasteiger partial charge is 0.0841 e. The molecule has 0 atom stereocenters. The summed E-state index contributed by atoms with van der Waals surface area (Å²) >= 11 is 0. The van der Waals surface area contributed by atoms with Crippen molar-refractivity contribution in [3.63, 3.8) is 0 Å². The number of aromatic nitrogens is 1. The molecule has 1 rings (SSSR count). The Morgan fingerprint density at radius 1 is 1.43 bits per heavy atom. The molecule has 0 aromatic carbocycles. The van der Waals surface area contributed by atoms with Crippen LogP contribution in [-0.4, -0.2) is 18.1 Å². The second kappa shape index (κ2) is 4.73. The largest absolute Gasteiger partial charge is 0.304 e. The van der Waals surface area contributed by atoms with Crippen molar-refractivity contribution in [2.24, 2.45) is 0 Å². The van der Waals surface area contributed by atoms with Gasteiger partial charge in [0.2, 0.25) is 0 Å². The van der Waals surface area contributed by atoms with E-state index in [2.05, 4.69) is 30.2 Å². The molecule has 0 saturated carbocycles. The molecule has 0 fully saturated rings. The second-order valence-corrected chi connectivity index (χ2v) is 3.88. The first-order chi connectivity index (χ1) is 6.67. The molecule has 1 heterocycles. The Morgan fingerprint density at radius 3 is 2.64 bits per heavy atom. The molecule has 74 valence electrons. The van der Waals surface area contributed by atoms with E-state index in [1.807, 2.05) is 12.1 Å². The molecule has 0 unspecified atom stereocenters. The highest BCUT2D eigenvalue weighted by molar-refractivity contribution is 5.20. The predicted octanol–water partition coefficient (Wildman–Crippen LogP) is 1.47. The molecule has 0 aliphatic carbocycles. The minimum Gasteiger partial charge on any atom is -0.304 e. The molecule has 3 nitrogen and oxygen atoms in total. The first-order valence-electron chi connectivity index (χ1n) is 4.65. The van der Waals surface area contributed by atoms with Gasteiger partial charge in [-0.25, -0.2) is 0 Å². The van der Waals surface area contributed by atoms with Gasteiger partial charge in [-0.2, -0.15) is 5.26 Å². The fraction of sp³-hybridized carbons (Fsp3) is 0.455. The van der Waals surface area contributed by atoms with Gasteiger partial charge in [-0.3, -0.25) is 4.98 Å². The van der Waals surface area contributed by atoms with Crippen molar-refractivity contribution in [1.29, 1.82) is 5.26 Å². The Labute approximate surface area is 84.8 Å². The monoisotopic (exact) mass is 189 g/mol. The van der Waals surface area contributed by atoms with Gasteiger partial charge in [-0.15, -0.1) is 0 Å². The SMILES string of the molecule is CC(C)(CNCC#N)c1ccncc1. The van der Waals surface area contributed by atoms with Gasteiger partial charge >= 0.3 is 0 Å². The van der Waals surface area contributed by atoms with E-state index in [1.165, 1.54) is 5.56 Å². The van der Waals surface area contributed by atoms with E-state index >= 15 is 0 Å². The lowest BCUT2D eigenvalue weighted by Gasteiger charge is -2.24. The Bertz CT molecular complexity index is 311. The van der Waals surface area contributed by atoms with Crippen LogP contribution in [0, 0.1) is 11.3 Å². The molecular weight excluding hydrogens is 174 g/mol. The lowest BCUT2D eigenvalue weighted by molar-refractivity contribution is 0.484. The molecule has 0 saturated heterocycles. The topological polar surface area (TPSA) is 48.7 Å². The first kappa shape index (κ1) is 10.7. The highest BCUT2D eigenvalue weighted by atomic mass is 14.9. The first-order valence-corrected chi connectivity index (χ1v) is 4.65. The van der Waals surface area contributed by atoms with Crippen molar-refractivity contribution in [2.75, 3.05) is 13.1 Å². The third-order valence-electron chi connectivity index (χ3n) is 2.23. The van der Waals surface area contributed by atoms with E-state index in [-0.39, 0.29) is 5.41 Å². The predicted molar refractivity (Wildman–Crippen MR) is 55.7 cm³/mol. The van der Waals surface area contributed by atoms with Crippen LogP contribution >= 0.6 is 0 Å². The fourth-order valence-electron chi connectivity index (χ4n) is 1.34. The number of nitrogens with zero attached hydrogens (tertiary/aromatic N) is 2. The molecule has 0 bridgehead atoms. The second-order valence-electron chi connectivity index (χ2n) is 3.88. The quantitative estimate of drug-likeness (QED) is 0.576. The van der Waals surface area contributed by atoms with E-state index < -0.39 is 0 Å². The minimum absolute atomic E-state index is 0.0415. The maximum Gasteiger partial charge on any atom is 0.0841 e. The van der Waals surface area contributed by atoms with Crippen molar-refractivity contribution in [3.8, 4) is 6.07 Å². The third-order valence-corrected chi connectivity index (χ3v) is 2.23. The zero-order valence-corrected chi connectivity index (χ0v) is 8.62. The Balaban J connectivity index is 2.62. The summed E-state index contributed by atoms with van der Waals surface area (Å²) in [5, 5.41) is 11.5. The molecule has 14 heavy (non-hydrogen) atoms. The molecule has 1 N–H and O–H groups in total. The summed E-state index contributed by atoms with van der Waals surface area (Å²) in [5.74, 6) is 0. The van der Waals surface area contributed by atoms with Gasteiger partial charge < -0.3 is 5.32 Å². The van der Waals surface area contributed by atoms with Gasteiger partial charge in [0.15, 0.2) is 0 Å². The molecule has 0 aliphatic rings. The van der Waals surface area contributed by atoms with Gasteiger partial charge in [-0.1, -0.05) is 13.8 Å². The molecular formula is C11H15N3. The number of nitrogens with one attached hydrogen (secondary N) is 1. The normalized spacial score (nSPS) is 10.9. The van der Waals surface area contributed by atoms with Crippen molar-refractivity contribution >= 4 is 0 Å². The van der Waals surface area contributed by atoms with Crippen molar-refractivity contribution in [2.45, 2.75) is 19.3 Å². The molecule has 0 aliphatic heterocycles. The summed E-state index contributed by atoms with van der Waals surface area (Å²) in [6.45, 7) is 5.48. The molecule has 0 amide bonds. The number of rotatable bonds is 4. The highest BCUT2D eigenvalue weighted by Gasteiger charge is 2.19. The lowest BCUT2D eigenvalue weighted by atomic mass is 9.85. The van der Waals surface area contributed by atoms with Crippen LogP contribution in [0.5, 0.6) is 0 Å². The number of hydrogen-bond donors (Lipinski definition) is 1. The van der Waals surface area contributed by atoms with Crippen molar-refractivity contribution in [3.05, 3.63) is 30.1 Å². The Morgan fingerprint density at radius 2 is 2.07 bits per heavy atom. The maximum atomic E-state index is 8.41.